The van der Waals surface area contributed by atoms with Gasteiger partial charge in [-0.15, -0.1) is 0 Å². The number of hydrogen-bond acceptors (Lipinski definition) is 1. The average Bonchev–Trinajstić information content (AvgIpc) is 3.09. The van der Waals surface area contributed by atoms with Gasteiger partial charge in [0.15, 0.2) is 0 Å². The maximum absolute atomic E-state index is 3.82. The molecule has 1 aromatic carbocycles. The van der Waals surface area contributed by atoms with Crippen molar-refractivity contribution in [2.45, 2.75) is 64.8 Å². The number of aryl methyl sites for hydroxylation is 1. The second-order valence-corrected chi connectivity index (χ2v) is 7.51. The zero-order chi connectivity index (χ0) is 14.7. The lowest BCUT2D eigenvalue weighted by atomic mass is 9.83. The molecule has 0 amide bonds. The molecule has 21 heavy (non-hydrogen) atoms. The van der Waals surface area contributed by atoms with Crippen LogP contribution in [0.1, 0.15) is 56.6 Å². The molecule has 1 heteroatoms. The summed E-state index contributed by atoms with van der Waals surface area (Å²) in [5.41, 5.74) is 2.86. The van der Waals surface area contributed by atoms with E-state index in [-0.39, 0.29) is 0 Å². The van der Waals surface area contributed by atoms with Crippen molar-refractivity contribution in [3.8, 4) is 0 Å². The van der Waals surface area contributed by atoms with Crippen LogP contribution in [0, 0.1) is 24.7 Å². The lowest BCUT2D eigenvalue weighted by Gasteiger charge is -2.27. The first-order valence-corrected chi connectivity index (χ1v) is 9.03. The minimum absolute atomic E-state index is 0.678. The smallest absolute Gasteiger partial charge is 0.0110 e. The van der Waals surface area contributed by atoms with Gasteiger partial charge in [0, 0.05) is 6.04 Å². The van der Waals surface area contributed by atoms with Gasteiger partial charge in [-0.05, 0) is 75.3 Å². The molecule has 116 valence electrons. The molecular formula is C20H31N. The van der Waals surface area contributed by atoms with E-state index in [4.69, 9.17) is 0 Å². The number of fused-ring (bicyclic) bond motifs is 2. The molecule has 0 saturated heterocycles. The van der Waals surface area contributed by atoms with Crippen LogP contribution in [0.15, 0.2) is 24.3 Å². The number of rotatable bonds is 7. The monoisotopic (exact) mass is 285 g/mol. The summed E-state index contributed by atoms with van der Waals surface area (Å²) in [5.74, 6) is 3.13. The summed E-state index contributed by atoms with van der Waals surface area (Å²) in [4.78, 5) is 0. The third kappa shape index (κ3) is 3.88. The Labute approximate surface area is 130 Å². The summed E-state index contributed by atoms with van der Waals surface area (Å²) >= 11 is 0. The molecule has 4 atom stereocenters. The van der Waals surface area contributed by atoms with E-state index in [2.05, 4.69) is 43.4 Å². The standard InChI is InChI=1S/C20H31N/c1-3-10-21-20(13-16-6-4-15(2)5-7-16)14-19-12-17-8-9-18(19)11-17/h4-7,17-21H,3,8-14H2,1-2H3. The largest absolute Gasteiger partial charge is 0.314 e. The minimum atomic E-state index is 0.678. The van der Waals surface area contributed by atoms with E-state index >= 15 is 0 Å². The first-order valence-electron chi connectivity index (χ1n) is 9.03. The highest BCUT2D eigenvalue weighted by Crippen LogP contribution is 2.49. The highest BCUT2D eigenvalue weighted by molar-refractivity contribution is 5.22. The normalized spacial score (nSPS) is 29.0. The van der Waals surface area contributed by atoms with Crippen LogP contribution in [0.4, 0.5) is 0 Å². The maximum atomic E-state index is 3.82. The van der Waals surface area contributed by atoms with Crippen LogP contribution in [0.5, 0.6) is 0 Å². The summed E-state index contributed by atoms with van der Waals surface area (Å²) in [6.45, 7) is 5.61. The number of benzene rings is 1. The van der Waals surface area contributed by atoms with Crippen molar-refractivity contribution in [2.75, 3.05) is 6.54 Å². The zero-order valence-electron chi connectivity index (χ0n) is 13.8. The molecule has 2 aliphatic carbocycles. The Balaban J connectivity index is 1.59. The molecule has 0 aromatic heterocycles. The van der Waals surface area contributed by atoms with Crippen LogP contribution >= 0.6 is 0 Å². The summed E-state index contributed by atoms with van der Waals surface area (Å²) < 4.78 is 0. The molecule has 1 nitrogen and oxygen atoms in total. The molecule has 0 radical (unpaired) electrons. The van der Waals surface area contributed by atoms with Crippen molar-refractivity contribution >= 4 is 0 Å². The van der Waals surface area contributed by atoms with Gasteiger partial charge in [0.25, 0.3) is 0 Å². The van der Waals surface area contributed by atoms with Gasteiger partial charge in [-0.3, -0.25) is 0 Å². The number of hydrogen-bond donors (Lipinski definition) is 1. The molecule has 2 bridgehead atoms. The Bertz CT molecular complexity index is 436. The van der Waals surface area contributed by atoms with Gasteiger partial charge in [-0.1, -0.05) is 43.2 Å². The van der Waals surface area contributed by atoms with Crippen molar-refractivity contribution in [3.05, 3.63) is 35.4 Å². The quantitative estimate of drug-likeness (QED) is 0.763. The van der Waals surface area contributed by atoms with Crippen molar-refractivity contribution < 1.29 is 0 Å². The van der Waals surface area contributed by atoms with Crippen LogP contribution in [-0.4, -0.2) is 12.6 Å². The van der Waals surface area contributed by atoms with E-state index in [1.54, 1.807) is 0 Å². The minimum Gasteiger partial charge on any atom is -0.314 e. The SMILES string of the molecule is CCCNC(Cc1ccc(C)cc1)CC1CC2CCC1C2. The molecule has 0 aliphatic heterocycles. The van der Waals surface area contributed by atoms with Crippen LogP contribution in [0.2, 0.25) is 0 Å². The lowest BCUT2D eigenvalue weighted by Crippen LogP contribution is -2.34. The van der Waals surface area contributed by atoms with E-state index < -0.39 is 0 Å². The maximum Gasteiger partial charge on any atom is 0.0110 e. The Morgan fingerprint density at radius 3 is 2.57 bits per heavy atom. The Morgan fingerprint density at radius 2 is 1.95 bits per heavy atom. The van der Waals surface area contributed by atoms with Gasteiger partial charge in [0.1, 0.15) is 0 Å². The molecule has 0 spiro atoms. The molecule has 2 aliphatic rings. The molecule has 2 fully saturated rings. The molecule has 3 rings (SSSR count). The van der Waals surface area contributed by atoms with Crippen molar-refractivity contribution in [1.82, 2.24) is 5.32 Å². The number of nitrogens with one attached hydrogen (secondary N) is 1. The van der Waals surface area contributed by atoms with E-state index in [0.717, 1.165) is 24.3 Å². The highest BCUT2D eigenvalue weighted by atomic mass is 14.9. The van der Waals surface area contributed by atoms with E-state index in [9.17, 15) is 0 Å². The van der Waals surface area contributed by atoms with Gasteiger partial charge in [0.05, 0.1) is 0 Å². The first-order chi connectivity index (χ1) is 10.2. The van der Waals surface area contributed by atoms with Crippen LogP contribution in [0.3, 0.4) is 0 Å². The molecule has 1 aromatic rings. The third-order valence-electron chi connectivity index (χ3n) is 5.76. The summed E-state index contributed by atoms with van der Waals surface area (Å²) in [6, 6.07) is 9.82. The predicted molar refractivity (Wildman–Crippen MR) is 90.5 cm³/mol. The van der Waals surface area contributed by atoms with Gasteiger partial charge >= 0.3 is 0 Å². The van der Waals surface area contributed by atoms with E-state index in [1.807, 2.05) is 0 Å². The molecule has 1 N–H and O–H groups in total. The Kier molecular flexibility index (Phi) is 5.00. The van der Waals surface area contributed by atoms with Gasteiger partial charge in [-0.2, -0.15) is 0 Å². The van der Waals surface area contributed by atoms with Crippen LogP contribution < -0.4 is 5.32 Å². The van der Waals surface area contributed by atoms with Crippen LogP contribution in [-0.2, 0) is 6.42 Å². The zero-order valence-corrected chi connectivity index (χ0v) is 13.8. The third-order valence-corrected chi connectivity index (χ3v) is 5.76. The molecular weight excluding hydrogens is 254 g/mol. The summed E-state index contributed by atoms with van der Waals surface area (Å²) in [5, 5.41) is 3.82. The lowest BCUT2D eigenvalue weighted by molar-refractivity contribution is 0.276. The van der Waals surface area contributed by atoms with E-state index in [1.165, 1.54) is 56.1 Å². The summed E-state index contributed by atoms with van der Waals surface area (Å²) in [6.07, 6.45) is 9.93. The van der Waals surface area contributed by atoms with Crippen LogP contribution in [0.25, 0.3) is 0 Å². The van der Waals surface area contributed by atoms with Crippen molar-refractivity contribution in [3.63, 3.8) is 0 Å². The average molecular weight is 285 g/mol. The predicted octanol–water partition coefficient (Wildman–Crippen LogP) is 4.73. The topological polar surface area (TPSA) is 12.0 Å². The summed E-state index contributed by atoms with van der Waals surface area (Å²) in [7, 11) is 0. The fraction of sp³-hybridized carbons (Fsp3) is 0.700. The molecule has 2 saturated carbocycles. The van der Waals surface area contributed by atoms with Gasteiger partial charge < -0.3 is 5.32 Å². The van der Waals surface area contributed by atoms with Crippen molar-refractivity contribution in [1.29, 1.82) is 0 Å². The Hall–Kier alpha value is -0.820. The second-order valence-electron chi connectivity index (χ2n) is 7.51. The van der Waals surface area contributed by atoms with Gasteiger partial charge in [-0.25, -0.2) is 0 Å². The van der Waals surface area contributed by atoms with Crippen molar-refractivity contribution in [2.24, 2.45) is 17.8 Å². The second kappa shape index (κ2) is 6.96. The first kappa shape index (κ1) is 15.1. The Morgan fingerprint density at radius 1 is 1.14 bits per heavy atom. The molecule has 4 unspecified atom stereocenters. The highest BCUT2D eigenvalue weighted by Gasteiger charge is 2.39. The van der Waals surface area contributed by atoms with Gasteiger partial charge in [0.2, 0.25) is 0 Å². The van der Waals surface area contributed by atoms with E-state index in [0.29, 0.717) is 6.04 Å². The molecule has 0 heterocycles. The fourth-order valence-electron chi connectivity index (χ4n) is 4.63. The fourth-order valence-corrected chi connectivity index (χ4v) is 4.63.